The molecule has 1 amide bonds. The van der Waals surface area contributed by atoms with Crippen molar-refractivity contribution in [3.63, 3.8) is 0 Å². The van der Waals surface area contributed by atoms with Gasteiger partial charge >= 0.3 is 0 Å². The van der Waals surface area contributed by atoms with Crippen molar-refractivity contribution < 1.29 is 4.79 Å². The second-order valence-corrected chi connectivity index (χ2v) is 7.46. The maximum absolute atomic E-state index is 12.3. The Balaban J connectivity index is 0.00000225. The minimum Gasteiger partial charge on any atom is -0.326 e. The molecule has 132 valence electrons. The molecule has 25 heavy (non-hydrogen) atoms. The van der Waals surface area contributed by atoms with Crippen LogP contribution in [-0.2, 0) is 4.79 Å². The minimum atomic E-state index is 0. The summed E-state index contributed by atoms with van der Waals surface area (Å²) in [5.74, 6) is 1.23. The Bertz CT molecular complexity index is 746. The average Bonchev–Trinajstić information content (AvgIpc) is 2.95. The number of benzene rings is 1. The van der Waals surface area contributed by atoms with Crippen LogP contribution < -0.4 is 0 Å². The highest BCUT2D eigenvalue weighted by Crippen LogP contribution is 2.42. The van der Waals surface area contributed by atoms with Crippen molar-refractivity contribution in [1.29, 1.82) is 0 Å². The largest absolute Gasteiger partial charge is 0.326 e. The van der Waals surface area contributed by atoms with Crippen LogP contribution in [-0.4, -0.2) is 28.1 Å². The van der Waals surface area contributed by atoms with Crippen molar-refractivity contribution in [3.05, 3.63) is 60.4 Å². The van der Waals surface area contributed by atoms with Gasteiger partial charge in [0, 0.05) is 24.5 Å². The first-order chi connectivity index (χ1) is 11.6. The smallest absolute Gasteiger partial charge is 0.233 e. The molecule has 0 radical (unpaired) electrons. The van der Waals surface area contributed by atoms with Gasteiger partial charge in [0.05, 0.1) is 5.75 Å². The predicted molar refractivity (Wildman–Crippen MR) is 109 cm³/mol. The van der Waals surface area contributed by atoms with E-state index in [0.29, 0.717) is 11.7 Å². The number of amides is 1. The summed E-state index contributed by atoms with van der Waals surface area (Å²) in [6, 6.07) is 10.3. The number of hydrogen-bond acceptors (Lipinski definition) is 3. The van der Waals surface area contributed by atoms with Gasteiger partial charge in [0.15, 0.2) is 0 Å². The average molecular weight is 375 g/mol. The summed E-state index contributed by atoms with van der Waals surface area (Å²) >= 11 is 1.70. The Kier molecular flexibility index (Phi) is 6.68. The van der Waals surface area contributed by atoms with Crippen molar-refractivity contribution in [3.8, 4) is 11.1 Å². The lowest BCUT2D eigenvalue weighted by Gasteiger charge is -2.27. The van der Waals surface area contributed by atoms with Crippen LogP contribution >= 0.6 is 24.2 Å². The Hall–Kier alpha value is -1.78. The van der Waals surface area contributed by atoms with Gasteiger partial charge < -0.3 is 4.90 Å². The molecule has 1 aliphatic heterocycles. The summed E-state index contributed by atoms with van der Waals surface area (Å²) < 4.78 is 0. The summed E-state index contributed by atoms with van der Waals surface area (Å²) in [6.45, 7) is 8.88. The van der Waals surface area contributed by atoms with E-state index in [1.807, 2.05) is 29.4 Å². The third-order valence-electron chi connectivity index (χ3n) is 4.11. The van der Waals surface area contributed by atoms with Crippen LogP contribution in [0.2, 0.25) is 0 Å². The standard InChI is InChI=1S/C20H22N2OS.ClH/c1-4-15-5-7-16(8-6-15)18-11-21-10-9-17(18)20-22(12-14(2)3)19(23)13-24-20;/h4-11,14,20H,1,12-13H2,2-3H3;1H. The number of hydrogen-bond donors (Lipinski definition) is 0. The summed E-state index contributed by atoms with van der Waals surface area (Å²) in [6.07, 6.45) is 5.55. The number of pyridine rings is 1. The van der Waals surface area contributed by atoms with Crippen LogP contribution in [0.15, 0.2) is 49.3 Å². The van der Waals surface area contributed by atoms with Gasteiger partial charge in [-0.1, -0.05) is 50.8 Å². The van der Waals surface area contributed by atoms with E-state index in [1.165, 1.54) is 0 Å². The van der Waals surface area contributed by atoms with E-state index < -0.39 is 0 Å². The van der Waals surface area contributed by atoms with Gasteiger partial charge in [0.1, 0.15) is 5.37 Å². The molecule has 1 fully saturated rings. The first-order valence-electron chi connectivity index (χ1n) is 8.18. The monoisotopic (exact) mass is 374 g/mol. The van der Waals surface area contributed by atoms with E-state index in [4.69, 9.17) is 0 Å². The maximum atomic E-state index is 12.3. The lowest BCUT2D eigenvalue weighted by Crippen LogP contribution is -2.31. The number of rotatable bonds is 5. The van der Waals surface area contributed by atoms with Gasteiger partial charge in [-0.25, -0.2) is 0 Å². The lowest BCUT2D eigenvalue weighted by molar-refractivity contribution is -0.128. The molecule has 1 aromatic heterocycles. The van der Waals surface area contributed by atoms with Crippen molar-refractivity contribution in [1.82, 2.24) is 9.88 Å². The van der Waals surface area contributed by atoms with Crippen molar-refractivity contribution >= 4 is 36.2 Å². The van der Waals surface area contributed by atoms with Crippen LogP contribution in [0.1, 0.15) is 30.3 Å². The summed E-state index contributed by atoms with van der Waals surface area (Å²) in [5, 5.41) is 0.0666. The number of carbonyl (C=O) groups excluding carboxylic acids is 1. The molecule has 1 saturated heterocycles. The third kappa shape index (κ3) is 4.25. The van der Waals surface area contributed by atoms with Gasteiger partial charge in [-0.15, -0.1) is 24.2 Å². The Morgan fingerprint density at radius 2 is 2.04 bits per heavy atom. The van der Waals surface area contributed by atoms with Gasteiger partial charge in [0.25, 0.3) is 0 Å². The Morgan fingerprint density at radius 1 is 1.32 bits per heavy atom. The fourth-order valence-electron chi connectivity index (χ4n) is 2.96. The number of nitrogens with zero attached hydrogens (tertiary/aromatic N) is 2. The summed E-state index contributed by atoms with van der Waals surface area (Å²) in [7, 11) is 0. The lowest BCUT2D eigenvalue weighted by atomic mass is 10.00. The van der Waals surface area contributed by atoms with Crippen molar-refractivity contribution in [2.24, 2.45) is 5.92 Å². The van der Waals surface area contributed by atoms with Crippen LogP contribution in [0.25, 0.3) is 17.2 Å². The van der Waals surface area contributed by atoms with Gasteiger partial charge in [-0.05, 0) is 28.7 Å². The second kappa shape index (κ2) is 8.54. The predicted octanol–water partition coefficient (Wildman–Crippen LogP) is 5.04. The quantitative estimate of drug-likeness (QED) is 0.734. The highest BCUT2D eigenvalue weighted by Gasteiger charge is 2.34. The summed E-state index contributed by atoms with van der Waals surface area (Å²) in [4.78, 5) is 18.6. The zero-order chi connectivity index (χ0) is 17.1. The molecule has 0 bridgehead atoms. The molecule has 0 spiro atoms. The molecule has 0 N–H and O–H groups in total. The molecule has 1 aliphatic rings. The van der Waals surface area contributed by atoms with E-state index in [-0.39, 0.29) is 23.7 Å². The van der Waals surface area contributed by atoms with Crippen molar-refractivity contribution in [2.45, 2.75) is 19.2 Å². The first kappa shape index (κ1) is 19.5. The Labute approximate surface area is 159 Å². The molecule has 3 nitrogen and oxygen atoms in total. The highest BCUT2D eigenvalue weighted by molar-refractivity contribution is 8.00. The molecule has 1 unspecified atom stereocenters. The fraction of sp³-hybridized carbons (Fsp3) is 0.300. The van der Waals surface area contributed by atoms with E-state index in [9.17, 15) is 4.79 Å². The van der Waals surface area contributed by atoms with Gasteiger partial charge in [0.2, 0.25) is 5.91 Å². The van der Waals surface area contributed by atoms with Crippen LogP contribution in [0.5, 0.6) is 0 Å². The molecule has 1 atom stereocenters. The molecule has 0 saturated carbocycles. The van der Waals surface area contributed by atoms with Gasteiger partial charge in [-0.3, -0.25) is 9.78 Å². The Morgan fingerprint density at radius 3 is 2.68 bits per heavy atom. The highest BCUT2D eigenvalue weighted by atomic mass is 35.5. The molecule has 2 aromatic rings. The van der Waals surface area contributed by atoms with Crippen LogP contribution in [0.4, 0.5) is 0 Å². The van der Waals surface area contributed by atoms with E-state index >= 15 is 0 Å². The first-order valence-corrected chi connectivity index (χ1v) is 9.23. The zero-order valence-electron chi connectivity index (χ0n) is 14.5. The molecule has 3 rings (SSSR count). The molecule has 2 heterocycles. The van der Waals surface area contributed by atoms with Crippen molar-refractivity contribution in [2.75, 3.05) is 12.3 Å². The van der Waals surface area contributed by atoms with Crippen LogP contribution in [0, 0.1) is 5.92 Å². The van der Waals surface area contributed by atoms with Crippen LogP contribution in [0.3, 0.4) is 0 Å². The number of thioether (sulfide) groups is 1. The number of halogens is 1. The van der Waals surface area contributed by atoms with E-state index in [0.717, 1.165) is 28.8 Å². The molecule has 0 aliphatic carbocycles. The molecule has 5 heteroatoms. The molecular weight excluding hydrogens is 352 g/mol. The minimum absolute atomic E-state index is 0. The van der Waals surface area contributed by atoms with E-state index in [1.54, 1.807) is 11.8 Å². The SMILES string of the molecule is C=Cc1ccc(-c2cnccc2C2SCC(=O)N2CC(C)C)cc1.Cl. The zero-order valence-corrected chi connectivity index (χ0v) is 16.1. The third-order valence-corrected chi connectivity index (χ3v) is 5.35. The van der Waals surface area contributed by atoms with E-state index in [2.05, 4.69) is 49.7 Å². The normalized spacial score (nSPS) is 16.8. The molecule has 1 aromatic carbocycles. The summed E-state index contributed by atoms with van der Waals surface area (Å²) in [5.41, 5.74) is 4.46. The molecular formula is C20H23ClN2OS. The topological polar surface area (TPSA) is 33.2 Å². The van der Waals surface area contributed by atoms with Gasteiger partial charge in [-0.2, -0.15) is 0 Å². The second-order valence-electron chi connectivity index (χ2n) is 6.39. The maximum Gasteiger partial charge on any atom is 0.233 e. The number of aromatic nitrogens is 1. The number of carbonyl (C=O) groups is 1. The fourth-order valence-corrected chi connectivity index (χ4v) is 4.20.